The lowest BCUT2D eigenvalue weighted by Crippen LogP contribution is -2.54. The number of halogens is 3. The summed E-state index contributed by atoms with van der Waals surface area (Å²) in [4.78, 5) is 29.5. The molecule has 4 aromatic rings. The first-order valence-electron chi connectivity index (χ1n) is 14.8. The first-order chi connectivity index (χ1) is 21.9. The van der Waals surface area contributed by atoms with E-state index in [1.54, 1.807) is 18.2 Å². The van der Waals surface area contributed by atoms with E-state index >= 15 is 4.39 Å². The van der Waals surface area contributed by atoms with Crippen molar-refractivity contribution in [2.75, 3.05) is 10.8 Å². The van der Waals surface area contributed by atoms with Gasteiger partial charge in [0.1, 0.15) is 18.4 Å². The van der Waals surface area contributed by atoms with E-state index in [1.807, 2.05) is 51.1 Å². The molecule has 4 rings (SSSR count). The van der Waals surface area contributed by atoms with Gasteiger partial charge in [-0.3, -0.25) is 13.9 Å². The molecule has 0 radical (unpaired) electrons. The Morgan fingerprint density at radius 3 is 2.20 bits per heavy atom. The molecule has 46 heavy (non-hydrogen) atoms. The third-order valence-electron chi connectivity index (χ3n) is 7.66. The number of hydrogen-bond donors (Lipinski definition) is 1. The number of anilines is 1. The van der Waals surface area contributed by atoms with Crippen LogP contribution in [0.5, 0.6) is 0 Å². The van der Waals surface area contributed by atoms with Gasteiger partial charge >= 0.3 is 0 Å². The Morgan fingerprint density at radius 2 is 1.54 bits per heavy atom. The quantitative estimate of drug-likeness (QED) is 0.162. The van der Waals surface area contributed by atoms with Crippen LogP contribution in [0.4, 0.5) is 10.1 Å². The lowest BCUT2D eigenvalue weighted by Gasteiger charge is -2.34. The topological polar surface area (TPSA) is 86.8 Å². The molecule has 7 nitrogen and oxygen atoms in total. The fourth-order valence-corrected chi connectivity index (χ4v) is 6.71. The molecule has 0 aliphatic carbocycles. The summed E-state index contributed by atoms with van der Waals surface area (Å²) in [6.45, 7) is 4.55. The van der Waals surface area contributed by atoms with Crippen LogP contribution in [0, 0.1) is 12.7 Å². The molecule has 1 N–H and O–H groups in total. The van der Waals surface area contributed by atoms with Gasteiger partial charge in [0.25, 0.3) is 10.0 Å². The first kappa shape index (κ1) is 34.9. The molecular formula is C35H36Cl2FN3O4S. The van der Waals surface area contributed by atoms with E-state index in [2.05, 4.69) is 5.32 Å². The van der Waals surface area contributed by atoms with Crippen LogP contribution in [0.25, 0.3) is 0 Å². The molecule has 11 heteroatoms. The van der Waals surface area contributed by atoms with Crippen LogP contribution in [-0.4, -0.2) is 43.8 Å². The summed E-state index contributed by atoms with van der Waals surface area (Å²) in [6.07, 6.45) is 0.743. The highest BCUT2D eigenvalue weighted by Gasteiger charge is 2.36. The Balaban J connectivity index is 1.85. The maximum absolute atomic E-state index is 15.1. The summed E-state index contributed by atoms with van der Waals surface area (Å²) < 4.78 is 44.3. The SMILES string of the molecule is CC[C@@H](C)NC(=O)[C@@H](Cc1ccccc1)N(Cc1ccccc1F)C(=O)CN(c1cccc(Cl)c1Cl)S(=O)(=O)c1ccc(C)cc1. The number of carbonyl (C=O) groups excluding carboxylic acids is 2. The molecule has 2 amide bonds. The highest BCUT2D eigenvalue weighted by molar-refractivity contribution is 7.92. The number of hydrogen-bond acceptors (Lipinski definition) is 4. The lowest BCUT2D eigenvalue weighted by atomic mass is 10.0. The molecule has 0 saturated heterocycles. The van der Waals surface area contributed by atoms with Crippen molar-refractivity contribution in [3.63, 3.8) is 0 Å². The summed E-state index contributed by atoms with van der Waals surface area (Å²) in [5.74, 6) is -1.75. The van der Waals surface area contributed by atoms with Gasteiger partial charge in [-0.05, 0) is 56.2 Å². The van der Waals surface area contributed by atoms with Gasteiger partial charge in [0.05, 0.1) is 20.6 Å². The molecule has 0 heterocycles. The number of benzene rings is 4. The Morgan fingerprint density at radius 1 is 0.891 bits per heavy atom. The maximum Gasteiger partial charge on any atom is 0.264 e. The predicted octanol–water partition coefficient (Wildman–Crippen LogP) is 7.19. The molecule has 0 fully saturated rings. The first-order valence-corrected chi connectivity index (χ1v) is 17.0. The van der Waals surface area contributed by atoms with E-state index in [4.69, 9.17) is 23.2 Å². The molecule has 4 aromatic carbocycles. The van der Waals surface area contributed by atoms with Crippen molar-refractivity contribution in [1.29, 1.82) is 0 Å². The van der Waals surface area contributed by atoms with Crippen LogP contribution in [0.15, 0.2) is 102 Å². The van der Waals surface area contributed by atoms with E-state index in [-0.39, 0.29) is 45.2 Å². The van der Waals surface area contributed by atoms with Gasteiger partial charge in [0, 0.05) is 24.6 Å². The second-order valence-corrected chi connectivity index (χ2v) is 13.7. The fraction of sp³-hybridized carbons (Fsp3) is 0.257. The van der Waals surface area contributed by atoms with E-state index in [1.165, 1.54) is 53.4 Å². The minimum absolute atomic E-state index is 0.0161. The van der Waals surface area contributed by atoms with Crippen molar-refractivity contribution in [2.24, 2.45) is 0 Å². The number of rotatable bonds is 13. The van der Waals surface area contributed by atoms with E-state index in [0.29, 0.717) is 6.42 Å². The zero-order valence-electron chi connectivity index (χ0n) is 25.8. The smallest absolute Gasteiger partial charge is 0.264 e. The molecule has 0 unspecified atom stereocenters. The third kappa shape index (κ3) is 8.46. The predicted molar refractivity (Wildman–Crippen MR) is 181 cm³/mol. The number of amides is 2. The zero-order valence-corrected chi connectivity index (χ0v) is 28.1. The van der Waals surface area contributed by atoms with Gasteiger partial charge in [0.2, 0.25) is 11.8 Å². The van der Waals surface area contributed by atoms with E-state index in [0.717, 1.165) is 15.4 Å². The van der Waals surface area contributed by atoms with Crippen LogP contribution in [-0.2, 0) is 32.6 Å². The minimum Gasteiger partial charge on any atom is -0.352 e. The van der Waals surface area contributed by atoms with Crippen LogP contribution in [0.1, 0.15) is 37.0 Å². The largest absolute Gasteiger partial charge is 0.352 e. The zero-order chi connectivity index (χ0) is 33.4. The highest BCUT2D eigenvalue weighted by Crippen LogP contribution is 2.35. The molecule has 0 saturated carbocycles. The normalized spacial score (nSPS) is 12.7. The second kappa shape index (κ2) is 15.6. The van der Waals surface area contributed by atoms with Crippen molar-refractivity contribution < 1.29 is 22.4 Å². The monoisotopic (exact) mass is 683 g/mol. The molecule has 242 valence electrons. The molecule has 0 spiro atoms. The Labute approximate surface area is 280 Å². The van der Waals surface area contributed by atoms with Gasteiger partial charge in [-0.2, -0.15) is 0 Å². The lowest BCUT2D eigenvalue weighted by molar-refractivity contribution is -0.140. The van der Waals surface area contributed by atoms with Crippen molar-refractivity contribution in [2.45, 2.75) is 57.1 Å². The van der Waals surface area contributed by atoms with Gasteiger partial charge in [0.15, 0.2) is 0 Å². The number of nitrogens with zero attached hydrogens (tertiary/aromatic N) is 2. The number of aryl methyl sites for hydroxylation is 1. The summed E-state index contributed by atoms with van der Waals surface area (Å²) in [7, 11) is -4.38. The van der Waals surface area contributed by atoms with Crippen molar-refractivity contribution in [3.05, 3.63) is 130 Å². The average molecular weight is 685 g/mol. The summed E-state index contributed by atoms with van der Waals surface area (Å²) in [5, 5.41) is 2.98. The molecule has 0 aromatic heterocycles. The Kier molecular flexibility index (Phi) is 11.8. The van der Waals surface area contributed by atoms with Gasteiger partial charge in [-0.15, -0.1) is 0 Å². The minimum atomic E-state index is -4.38. The van der Waals surface area contributed by atoms with Gasteiger partial charge in [-0.25, -0.2) is 12.8 Å². The standard InChI is InChI=1S/C35H36Cl2FN3O4S/c1-4-25(3)39-35(43)32(21-26-11-6-5-7-12-26)40(22-27-13-8-9-15-30(27)38)33(42)23-41(31-16-10-14-29(36)34(31)37)46(44,45)28-19-17-24(2)18-20-28/h5-20,25,32H,4,21-23H2,1-3H3,(H,39,43)/t25-,32-/m1/s1. The van der Waals surface area contributed by atoms with Crippen LogP contribution >= 0.6 is 23.2 Å². The maximum atomic E-state index is 15.1. The van der Waals surface area contributed by atoms with Gasteiger partial charge < -0.3 is 10.2 Å². The van der Waals surface area contributed by atoms with Crippen LogP contribution in [0.2, 0.25) is 10.0 Å². The van der Waals surface area contributed by atoms with Crippen molar-refractivity contribution in [3.8, 4) is 0 Å². The third-order valence-corrected chi connectivity index (χ3v) is 10.2. The number of sulfonamides is 1. The molecule has 0 bridgehead atoms. The van der Waals surface area contributed by atoms with Crippen LogP contribution < -0.4 is 9.62 Å². The van der Waals surface area contributed by atoms with Crippen molar-refractivity contribution >= 4 is 50.7 Å². The number of nitrogens with one attached hydrogen (secondary N) is 1. The Bertz CT molecular complexity index is 1770. The summed E-state index contributed by atoms with van der Waals surface area (Å²) in [5.41, 5.74) is 1.76. The van der Waals surface area contributed by atoms with E-state index in [9.17, 15) is 18.0 Å². The summed E-state index contributed by atoms with van der Waals surface area (Å²) in [6, 6.07) is 24.4. The number of carbonyl (C=O) groups is 2. The second-order valence-electron chi connectivity index (χ2n) is 11.0. The fourth-order valence-electron chi connectivity index (χ4n) is 4.84. The van der Waals surface area contributed by atoms with Crippen LogP contribution in [0.3, 0.4) is 0 Å². The Hall–Kier alpha value is -3.92. The highest BCUT2D eigenvalue weighted by atomic mass is 35.5. The van der Waals surface area contributed by atoms with Gasteiger partial charge in [-0.1, -0.05) is 102 Å². The van der Waals surface area contributed by atoms with Crippen molar-refractivity contribution in [1.82, 2.24) is 10.2 Å². The summed E-state index contributed by atoms with van der Waals surface area (Å²) >= 11 is 12.8. The molecule has 2 atom stereocenters. The molecule has 0 aliphatic heterocycles. The van der Waals surface area contributed by atoms with E-state index < -0.39 is 40.2 Å². The molecular weight excluding hydrogens is 648 g/mol. The molecule has 0 aliphatic rings. The average Bonchev–Trinajstić information content (AvgIpc) is 3.04.